The Morgan fingerprint density at radius 3 is 1.41 bits per heavy atom. The van der Waals surface area contributed by atoms with Crippen molar-refractivity contribution in [1.29, 1.82) is 0 Å². The summed E-state index contributed by atoms with van der Waals surface area (Å²) in [6.45, 7) is 4.64. The molecule has 2 nitrogen and oxygen atoms in total. The van der Waals surface area contributed by atoms with E-state index < -0.39 is 0 Å². The van der Waals surface area contributed by atoms with Crippen LogP contribution in [0.15, 0.2) is 0 Å². The summed E-state index contributed by atoms with van der Waals surface area (Å²) in [5.41, 5.74) is 0. The number of hydrogen-bond acceptors (Lipinski definition) is 2. The van der Waals surface area contributed by atoms with Crippen LogP contribution in [0.2, 0.25) is 0 Å². The van der Waals surface area contributed by atoms with Gasteiger partial charge in [-0.05, 0) is 12.3 Å². The molecule has 0 aliphatic heterocycles. The minimum Gasteiger partial charge on any atom is -0.469 e. The lowest BCUT2D eigenvalue weighted by Crippen LogP contribution is -1.99. The van der Waals surface area contributed by atoms with E-state index in [1.54, 1.807) is 0 Å². The predicted octanol–water partition coefficient (Wildman–Crippen LogP) is 6.67. The van der Waals surface area contributed by atoms with Crippen molar-refractivity contribution in [2.45, 2.75) is 110 Å². The first-order valence-electron chi connectivity index (χ1n) is 9.73. The molecule has 2 heteroatoms. The number of ether oxygens (including phenoxy) is 1. The topological polar surface area (TPSA) is 26.3 Å². The molecule has 22 heavy (non-hydrogen) atoms. The lowest BCUT2D eigenvalue weighted by atomic mass is 10.0. The molecule has 0 aromatic heterocycles. The van der Waals surface area contributed by atoms with Gasteiger partial charge in [-0.3, -0.25) is 4.79 Å². The molecule has 0 fully saturated rings. The van der Waals surface area contributed by atoms with E-state index in [1.165, 1.54) is 90.6 Å². The molecule has 0 heterocycles. The van der Waals surface area contributed by atoms with Crippen LogP contribution in [0.5, 0.6) is 0 Å². The number of unbranched alkanes of at least 4 members (excludes halogenated alkanes) is 12. The van der Waals surface area contributed by atoms with Gasteiger partial charge in [-0.15, -0.1) is 0 Å². The molecule has 0 radical (unpaired) electrons. The summed E-state index contributed by atoms with van der Waals surface area (Å²) in [6, 6.07) is 0. The monoisotopic (exact) mass is 312 g/mol. The third kappa shape index (κ3) is 17.5. The fourth-order valence-corrected chi connectivity index (χ4v) is 2.87. The molecule has 0 amide bonds. The summed E-state index contributed by atoms with van der Waals surface area (Å²) >= 11 is 0. The first kappa shape index (κ1) is 21.5. The molecule has 0 rings (SSSR count). The highest BCUT2D eigenvalue weighted by Gasteiger charge is 1.99. The van der Waals surface area contributed by atoms with E-state index in [1.807, 2.05) is 0 Å². The Morgan fingerprint density at radius 1 is 0.682 bits per heavy atom. The SMILES string of the molecule is COC(=O)CCCCCCCCCCCCCCCC(C)C. The molecule has 0 saturated carbocycles. The normalized spacial score (nSPS) is 11.1. The second-order valence-corrected chi connectivity index (χ2v) is 7.10. The molecule has 0 aromatic rings. The summed E-state index contributed by atoms with van der Waals surface area (Å²) in [4.78, 5) is 10.9. The Labute approximate surface area is 139 Å². The lowest BCUT2D eigenvalue weighted by molar-refractivity contribution is -0.140. The van der Waals surface area contributed by atoms with Crippen molar-refractivity contribution in [2.75, 3.05) is 7.11 Å². The fourth-order valence-electron chi connectivity index (χ4n) is 2.87. The standard InChI is InChI=1S/C20H40O2/c1-19(2)17-15-13-11-9-7-5-4-6-8-10-12-14-16-18-20(21)22-3/h19H,4-18H2,1-3H3. The Morgan fingerprint density at radius 2 is 1.05 bits per heavy atom. The number of rotatable bonds is 16. The number of hydrogen-bond donors (Lipinski definition) is 0. The van der Waals surface area contributed by atoms with Crippen molar-refractivity contribution in [1.82, 2.24) is 0 Å². The van der Waals surface area contributed by atoms with Crippen LogP contribution in [0.25, 0.3) is 0 Å². The average Bonchev–Trinajstić information content (AvgIpc) is 2.50. The molecular weight excluding hydrogens is 272 g/mol. The number of esters is 1. The third-order valence-corrected chi connectivity index (χ3v) is 4.39. The summed E-state index contributed by atoms with van der Waals surface area (Å²) in [5.74, 6) is 0.810. The van der Waals surface area contributed by atoms with Crippen LogP contribution in [-0.4, -0.2) is 13.1 Å². The van der Waals surface area contributed by atoms with Gasteiger partial charge < -0.3 is 4.74 Å². The molecule has 0 aliphatic carbocycles. The van der Waals surface area contributed by atoms with E-state index >= 15 is 0 Å². The number of methoxy groups -OCH3 is 1. The van der Waals surface area contributed by atoms with Crippen LogP contribution < -0.4 is 0 Å². The molecule has 0 spiro atoms. The van der Waals surface area contributed by atoms with Crippen LogP contribution in [0, 0.1) is 5.92 Å². The zero-order chi connectivity index (χ0) is 16.5. The van der Waals surface area contributed by atoms with Crippen LogP contribution in [-0.2, 0) is 9.53 Å². The maximum atomic E-state index is 10.9. The van der Waals surface area contributed by atoms with Gasteiger partial charge in [-0.2, -0.15) is 0 Å². The van der Waals surface area contributed by atoms with Gasteiger partial charge in [0.25, 0.3) is 0 Å². The zero-order valence-electron chi connectivity index (χ0n) is 15.5. The van der Waals surface area contributed by atoms with Crippen molar-refractivity contribution in [3.63, 3.8) is 0 Å². The molecule has 0 bridgehead atoms. The van der Waals surface area contributed by atoms with Crippen LogP contribution >= 0.6 is 0 Å². The molecule has 0 aromatic carbocycles. The van der Waals surface area contributed by atoms with Crippen molar-refractivity contribution < 1.29 is 9.53 Å². The number of carbonyl (C=O) groups excluding carboxylic acids is 1. The Kier molecular flexibility index (Phi) is 16.4. The van der Waals surface area contributed by atoms with Gasteiger partial charge in [-0.1, -0.05) is 97.3 Å². The molecular formula is C20H40O2. The van der Waals surface area contributed by atoms with Crippen LogP contribution in [0.3, 0.4) is 0 Å². The van der Waals surface area contributed by atoms with Crippen LogP contribution in [0.1, 0.15) is 110 Å². The molecule has 132 valence electrons. The summed E-state index contributed by atoms with van der Waals surface area (Å²) in [5, 5.41) is 0. The zero-order valence-corrected chi connectivity index (χ0v) is 15.5. The largest absolute Gasteiger partial charge is 0.469 e. The molecule has 0 saturated heterocycles. The van der Waals surface area contributed by atoms with Gasteiger partial charge in [0.05, 0.1) is 7.11 Å². The first-order valence-corrected chi connectivity index (χ1v) is 9.73. The summed E-state index contributed by atoms with van der Waals surface area (Å²) in [6.07, 6.45) is 19.5. The molecule has 0 aliphatic rings. The summed E-state index contributed by atoms with van der Waals surface area (Å²) in [7, 11) is 1.47. The Bertz CT molecular complexity index is 236. The second-order valence-electron chi connectivity index (χ2n) is 7.10. The van der Waals surface area contributed by atoms with Gasteiger partial charge >= 0.3 is 5.97 Å². The highest BCUT2D eigenvalue weighted by atomic mass is 16.5. The predicted molar refractivity (Wildman–Crippen MR) is 96.1 cm³/mol. The van der Waals surface area contributed by atoms with Crippen molar-refractivity contribution in [3.8, 4) is 0 Å². The smallest absolute Gasteiger partial charge is 0.305 e. The first-order chi connectivity index (χ1) is 10.7. The Balaban J connectivity index is 3.01. The van der Waals surface area contributed by atoms with Crippen molar-refractivity contribution in [2.24, 2.45) is 5.92 Å². The highest BCUT2D eigenvalue weighted by Crippen LogP contribution is 2.14. The Hall–Kier alpha value is -0.530. The third-order valence-electron chi connectivity index (χ3n) is 4.39. The van der Waals surface area contributed by atoms with Crippen molar-refractivity contribution in [3.05, 3.63) is 0 Å². The van der Waals surface area contributed by atoms with E-state index in [2.05, 4.69) is 18.6 Å². The van der Waals surface area contributed by atoms with E-state index in [-0.39, 0.29) is 5.97 Å². The number of carbonyl (C=O) groups is 1. The van der Waals surface area contributed by atoms with Crippen molar-refractivity contribution >= 4 is 5.97 Å². The average molecular weight is 313 g/mol. The molecule has 0 atom stereocenters. The van der Waals surface area contributed by atoms with Gasteiger partial charge in [0.2, 0.25) is 0 Å². The highest BCUT2D eigenvalue weighted by molar-refractivity contribution is 5.68. The fraction of sp³-hybridized carbons (Fsp3) is 0.950. The molecule has 0 unspecified atom stereocenters. The minimum atomic E-state index is -0.0656. The maximum Gasteiger partial charge on any atom is 0.305 e. The van der Waals surface area contributed by atoms with E-state index in [9.17, 15) is 4.79 Å². The van der Waals surface area contributed by atoms with Gasteiger partial charge in [0.1, 0.15) is 0 Å². The van der Waals surface area contributed by atoms with E-state index in [4.69, 9.17) is 0 Å². The summed E-state index contributed by atoms with van der Waals surface area (Å²) < 4.78 is 4.64. The quantitative estimate of drug-likeness (QED) is 0.235. The molecule has 0 N–H and O–H groups in total. The van der Waals surface area contributed by atoms with Crippen LogP contribution in [0.4, 0.5) is 0 Å². The van der Waals surface area contributed by atoms with Gasteiger partial charge in [0, 0.05) is 6.42 Å². The van der Waals surface area contributed by atoms with Gasteiger partial charge in [-0.25, -0.2) is 0 Å². The second kappa shape index (κ2) is 16.8. The maximum absolute atomic E-state index is 10.9. The van der Waals surface area contributed by atoms with E-state index in [0.29, 0.717) is 6.42 Å². The lowest BCUT2D eigenvalue weighted by Gasteiger charge is -2.05. The minimum absolute atomic E-state index is 0.0656. The van der Waals surface area contributed by atoms with Gasteiger partial charge in [0.15, 0.2) is 0 Å². The van der Waals surface area contributed by atoms with E-state index in [0.717, 1.165) is 12.3 Å².